The molecular weight excluding hydrogens is 327 g/mol. The van der Waals surface area contributed by atoms with Crippen LogP contribution >= 0.6 is 0 Å². The van der Waals surface area contributed by atoms with Crippen molar-refractivity contribution in [3.8, 4) is 0 Å². The molecule has 1 atom stereocenters. The van der Waals surface area contributed by atoms with E-state index in [1.54, 1.807) is 17.0 Å². The quantitative estimate of drug-likeness (QED) is 0.764. The third kappa shape index (κ3) is 4.09. The van der Waals surface area contributed by atoms with Crippen LogP contribution in [-0.2, 0) is 0 Å². The molecular formula is C15H18F3N3O3. The summed E-state index contributed by atoms with van der Waals surface area (Å²) in [5, 5.41) is 13.2. The second kappa shape index (κ2) is 6.98. The molecule has 6 nitrogen and oxygen atoms in total. The minimum atomic E-state index is -4.35. The molecule has 2 amide bonds. The summed E-state index contributed by atoms with van der Waals surface area (Å²) >= 11 is 0. The van der Waals surface area contributed by atoms with Crippen molar-refractivity contribution in [2.75, 3.05) is 31.6 Å². The summed E-state index contributed by atoms with van der Waals surface area (Å²) in [6.07, 6.45) is -6.58. The summed E-state index contributed by atoms with van der Waals surface area (Å²) in [6, 6.07) is 4.76. The van der Waals surface area contributed by atoms with E-state index in [9.17, 15) is 22.8 Å². The van der Waals surface area contributed by atoms with E-state index in [0.717, 1.165) is 0 Å². The highest BCUT2D eigenvalue weighted by molar-refractivity contribution is 5.97. The molecule has 1 aromatic carbocycles. The molecule has 0 spiro atoms. The first-order valence-corrected chi connectivity index (χ1v) is 7.36. The van der Waals surface area contributed by atoms with Crippen LogP contribution in [0, 0.1) is 0 Å². The molecule has 1 heterocycles. The molecule has 24 heavy (non-hydrogen) atoms. The summed E-state index contributed by atoms with van der Waals surface area (Å²) in [7, 11) is 1.42. The van der Waals surface area contributed by atoms with Gasteiger partial charge in [-0.15, -0.1) is 0 Å². The van der Waals surface area contributed by atoms with E-state index < -0.39 is 30.5 Å². The van der Waals surface area contributed by atoms with E-state index in [0.29, 0.717) is 11.3 Å². The fourth-order valence-electron chi connectivity index (χ4n) is 3.00. The van der Waals surface area contributed by atoms with Crippen LogP contribution in [-0.4, -0.2) is 50.0 Å². The van der Waals surface area contributed by atoms with Crippen molar-refractivity contribution in [2.24, 2.45) is 0 Å². The summed E-state index contributed by atoms with van der Waals surface area (Å²) in [5.74, 6) is -1.30. The lowest BCUT2D eigenvalue weighted by Gasteiger charge is -2.20. The van der Waals surface area contributed by atoms with Gasteiger partial charge in [0, 0.05) is 43.9 Å². The minimum absolute atomic E-state index is 0.0811. The molecule has 0 aromatic heterocycles. The fraction of sp³-hybridized carbons (Fsp3) is 0.467. The predicted octanol–water partition coefficient (Wildman–Crippen LogP) is 2.17. The number of carboxylic acid groups (broad SMARTS) is 1. The van der Waals surface area contributed by atoms with Gasteiger partial charge in [0.25, 0.3) is 5.91 Å². The molecule has 9 heteroatoms. The molecule has 1 aliphatic rings. The smallest absolute Gasteiger partial charge is 0.404 e. The van der Waals surface area contributed by atoms with Gasteiger partial charge >= 0.3 is 12.3 Å². The van der Waals surface area contributed by atoms with Gasteiger partial charge in [-0.25, -0.2) is 4.79 Å². The first-order chi connectivity index (χ1) is 11.2. The van der Waals surface area contributed by atoms with Crippen molar-refractivity contribution in [3.05, 3.63) is 29.3 Å². The number of halogens is 3. The monoisotopic (exact) mass is 345 g/mol. The lowest BCUT2D eigenvalue weighted by molar-refractivity contribution is -0.138. The van der Waals surface area contributed by atoms with Crippen LogP contribution in [0.3, 0.4) is 0 Å². The minimum Gasteiger partial charge on any atom is -0.465 e. The van der Waals surface area contributed by atoms with E-state index in [2.05, 4.69) is 10.6 Å². The molecule has 0 bridgehead atoms. The van der Waals surface area contributed by atoms with Gasteiger partial charge in [-0.2, -0.15) is 13.2 Å². The molecule has 1 aliphatic heterocycles. The maximum atomic E-state index is 12.9. The van der Waals surface area contributed by atoms with Crippen molar-refractivity contribution in [1.82, 2.24) is 10.6 Å². The number of carbonyl (C=O) groups is 2. The zero-order chi connectivity index (χ0) is 17.9. The number of fused-ring (bicyclic) bond motifs is 1. The Morgan fingerprint density at radius 2 is 2.08 bits per heavy atom. The average Bonchev–Trinajstić information content (AvgIpc) is 2.82. The van der Waals surface area contributed by atoms with Gasteiger partial charge in [0.2, 0.25) is 0 Å². The second-order valence-electron chi connectivity index (χ2n) is 5.51. The predicted molar refractivity (Wildman–Crippen MR) is 81.5 cm³/mol. The van der Waals surface area contributed by atoms with Crippen LogP contribution < -0.4 is 15.5 Å². The SMILES string of the molecule is CNC(=O)c1cccc2c1C(CC(F)(F)F)CN2CCNC(=O)O. The van der Waals surface area contributed by atoms with Crippen molar-refractivity contribution >= 4 is 17.7 Å². The van der Waals surface area contributed by atoms with E-state index in [4.69, 9.17) is 5.11 Å². The van der Waals surface area contributed by atoms with Crippen molar-refractivity contribution in [1.29, 1.82) is 0 Å². The number of alkyl halides is 3. The van der Waals surface area contributed by atoms with Crippen LogP contribution in [0.15, 0.2) is 18.2 Å². The highest BCUT2D eigenvalue weighted by Gasteiger charge is 2.40. The van der Waals surface area contributed by atoms with E-state index in [1.165, 1.54) is 13.1 Å². The zero-order valence-electron chi connectivity index (χ0n) is 13.0. The van der Waals surface area contributed by atoms with Crippen molar-refractivity contribution in [3.63, 3.8) is 0 Å². The standard InChI is InChI=1S/C15H18F3N3O3/c1-19-13(22)10-3-2-4-11-12(10)9(7-15(16,17)18)8-21(11)6-5-20-14(23)24/h2-4,9,20H,5-8H2,1H3,(H,19,22)(H,23,24). The first kappa shape index (κ1) is 17.9. The molecule has 0 fully saturated rings. The number of nitrogens with one attached hydrogen (secondary N) is 2. The highest BCUT2D eigenvalue weighted by atomic mass is 19.4. The Balaban J connectivity index is 2.32. The molecule has 132 valence electrons. The van der Waals surface area contributed by atoms with E-state index in [1.807, 2.05) is 0 Å². The summed E-state index contributed by atoms with van der Waals surface area (Å²) in [4.78, 5) is 24.2. The summed E-state index contributed by atoms with van der Waals surface area (Å²) in [5.41, 5.74) is 1.12. The molecule has 0 saturated carbocycles. The van der Waals surface area contributed by atoms with E-state index >= 15 is 0 Å². The number of anilines is 1. The Morgan fingerprint density at radius 1 is 1.38 bits per heavy atom. The number of amides is 2. The van der Waals surface area contributed by atoms with Crippen molar-refractivity contribution < 1.29 is 27.9 Å². The zero-order valence-corrected chi connectivity index (χ0v) is 13.0. The molecule has 1 aromatic rings. The first-order valence-electron chi connectivity index (χ1n) is 7.36. The fourth-order valence-corrected chi connectivity index (χ4v) is 3.00. The van der Waals surface area contributed by atoms with E-state index in [-0.39, 0.29) is 25.2 Å². The van der Waals surface area contributed by atoms with Gasteiger partial charge in [0.05, 0.1) is 6.42 Å². The number of hydrogen-bond donors (Lipinski definition) is 3. The van der Waals surface area contributed by atoms with Gasteiger partial charge in [-0.05, 0) is 17.7 Å². The van der Waals surface area contributed by atoms with Crippen LogP contribution in [0.4, 0.5) is 23.7 Å². The van der Waals surface area contributed by atoms with Gasteiger partial charge in [0.15, 0.2) is 0 Å². The van der Waals surface area contributed by atoms with Crippen molar-refractivity contribution in [2.45, 2.75) is 18.5 Å². The molecule has 1 unspecified atom stereocenters. The normalized spacial score (nSPS) is 16.7. The highest BCUT2D eigenvalue weighted by Crippen LogP contribution is 2.43. The van der Waals surface area contributed by atoms with Crippen LogP contribution in [0.5, 0.6) is 0 Å². The lowest BCUT2D eigenvalue weighted by Crippen LogP contribution is -2.34. The van der Waals surface area contributed by atoms with Crippen LogP contribution in [0.2, 0.25) is 0 Å². The van der Waals surface area contributed by atoms with Crippen LogP contribution in [0.1, 0.15) is 28.3 Å². The van der Waals surface area contributed by atoms with Gasteiger partial charge in [0.1, 0.15) is 0 Å². The second-order valence-corrected chi connectivity index (χ2v) is 5.51. The number of hydrogen-bond acceptors (Lipinski definition) is 3. The van der Waals surface area contributed by atoms with Gasteiger partial charge in [-0.1, -0.05) is 6.07 Å². The largest absolute Gasteiger partial charge is 0.465 e. The third-order valence-corrected chi connectivity index (χ3v) is 3.88. The molecule has 0 aliphatic carbocycles. The van der Waals surface area contributed by atoms with Gasteiger partial charge in [-0.3, -0.25) is 4.79 Å². The third-order valence-electron chi connectivity index (χ3n) is 3.88. The topological polar surface area (TPSA) is 81.7 Å². The maximum Gasteiger partial charge on any atom is 0.404 e. The Hall–Kier alpha value is -2.45. The average molecular weight is 345 g/mol. The van der Waals surface area contributed by atoms with Gasteiger partial charge < -0.3 is 20.6 Å². The molecule has 0 radical (unpaired) electrons. The van der Waals surface area contributed by atoms with Crippen LogP contribution in [0.25, 0.3) is 0 Å². The Bertz CT molecular complexity index is 634. The molecule has 2 rings (SSSR count). The maximum absolute atomic E-state index is 12.9. The molecule has 0 saturated heterocycles. The number of carbonyl (C=O) groups excluding carboxylic acids is 1. The number of rotatable bonds is 5. The Kier molecular flexibility index (Phi) is 5.20. The number of nitrogens with zero attached hydrogens (tertiary/aromatic N) is 1. The summed E-state index contributed by atoms with van der Waals surface area (Å²) in [6.45, 7) is 0.396. The molecule has 3 N–H and O–H groups in total. The Labute approximate surface area is 136 Å². The number of benzene rings is 1. The lowest BCUT2D eigenvalue weighted by atomic mass is 9.92. The summed E-state index contributed by atoms with van der Waals surface area (Å²) < 4.78 is 38.7. The Morgan fingerprint density at radius 3 is 2.67 bits per heavy atom.